The molecule has 5 heteroatoms. The Balaban J connectivity index is 2.38. The highest BCUT2D eigenvalue weighted by Gasteiger charge is 2.10. The summed E-state index contributed by atoms with van der Waals surface area (Å²) in [5.41, 5.74) is 7.40. The number of anilines is 1. The number of nitrogens with two attached hydrogens (primary N) is 1. The van der Waals surface area contributed by atoms with Crippen molar-refractivity contribution in [3.05, 3.63) is 54.5 Å². The third-order valence-corrected chi connectivity index (χ3v) is 2.43. The molecule has 2 N–H and O–H groups in total. The first-order valence-electron chi connectivity index (χ1n) is 5.63. The molecule has 0 unspecified atom stereocenters. The first kappa shape index (κ1) is 12.6. The maximum atomic E-state index is 8.94. The van der Waals surface area contributed by atoms with Gasteiger partial charge in [0.2, 0.25) is 5.69 Å². The van der Waals surface area contributed by atoms with Crippen LogP contribution in [0.5, 0.6) is 11.6 Å². The van der Waals surface area contributed by atoms with Gasteiger partial charge in [-0.15, -0.1) is 6.58 Å². The monoisotopic (exact) mass is 252 g/mol. The summed E-state index contributed by atoms with van der Waals surface area (Å²) < 4.78 is 5.64. The van der Waals surface area contributed by atoms with Crippen molar-refractivity contribution in [2.24, 2.45) is 0 Å². The number of nitrogens with zero attached hydrogens (tertiary/aromatic N) is 3. The van der Waals surface area contributed by atoms with Gasteiger partial charge in [0.15, 0.2) is 0 Å². The van der Waals surface area contributed by atoms with E-state index in [0.29, 0.717) is 17.9 Å². The van der Waals surface area contributed by atoms with Crippen LogP contribution in [0.4, 0.5) is 5.69 Å². The molecule has 0 aliphatic carbocycles. The Kier molecular flexibility index (Phi) is 3.74. The first-order chi connectivity index (χ1) is 9.24. The molecule has 1 heterocycles. The molecule has 0 aliphatic rings. The second-order valence-electron chi connectivity index (χ2n) is 3.78. The fourth-order valence-corrected chi connectivity index (χ4v) is 1.59. The summed E-state index contributed by atoms with van der Waals surface area (Å²) in [5, 5.41) is 8.94. The lowest BCUT2D eigenvalue weighted by Crippen LogP contribution is -1.98. The Labute approximate surface area is 111 Å². The summed E-state index contributed by atoms with van der Waals surface area (Å²) in [6, 6.07) is 7.21. The maximum absolute atomic E-state index is 8.94. The number of nitriles is 1. The number of nitrogen functional groups attached to an aromatic ring is 1. The minimum absolute atomic E-state index is 0.142. The molecular weight excluding hydrogens is 240 g/mol. The van der Waals surface area contributed by atoms with Crippen molar-refractivity contribution >= 4 is 5.69 Å². The Bertz CT molecular complexity index is 646. The highest BCUT2D eigenvalue weighted by molar-refractivity contribution is 5.50. The summed E-state index contributed by atoms with van der Waals surface area (Å²) in [5.74, 6) is 0.770. The molecule has 0 saturated carbocycles. The molecule has 2 rings (SSSR count). The predicted octanol–water partition coefficient (Wildman–Crippen LogP) is 2.45. The number of hydrogen-bond acceptors (Lipinski definition) is 5. The molecule has 0 atom stereocenters. The van der Waals surface area contributed by atoms with Crippen LogP contribution in [0.3, 0.4) is 0 Å². The molecular formula is C14H12N4O. The van der Waals surface area contributed by atoms with E-state index in [9.17, 15) is 0 Å². The maximum Gasteiger partial charge on any atom is 0.256 e. The molecule has 0 amide bonds. The van der Waals surface area contributed by atoms with Crippen LogP contribution < -0.4 is 10.5 Å². The van der Waals surface area contributed by atoms with Crippen LogP contribution in [0, 0.1) is 11.3 Å². The molecule has 1 aromatic heterocycles. The van der Waals surface area contributed by atoms with E-state index < -0.39 is 0 Å². The van der Waals surface area contributed by atoms with Crippen molar-refractivity contribution in [1.82, 2.24) is 9.97 Å². The van der Waals surface area contributed by atoms with E-state index in [1.54, 1.807) is 24.3 Å². The van der Waals surface area contributed by atoms with Crippen LogP contribution in [0.2, 0.25) is 0 Å². The third-order valence-electron chi connectivity index (χ3n) is 2.43. The average Bonchev–Trinajstić information content (AvgIpc) is 2.43. The highest BCUT2D eigenvalue weighted by atomic mass is 16.5. The van der Waals surface area contributed by atoms with Gasteiger partial charge in [0, 0.05) is 23.6 Å². The van der Waals surface area contributed by atoms with Crippen molar-refractivity contribution in [3.8, 4) is 17.7 Å². The van der Waals surface area contributed by atoms with Gasteiger partial charge in [-0.25, -0.2) is 9.97 Å². The number of ether oxygens (including phenoxy) is 1. The number of aromatic nitrogens is 2. The highest BCUT2D eigenvalue weighted by Crippen LogP contribution is 2.27. The predicted molar refractivity (Wildman–Crippen MR) is 71.6 cm³/mol. The Morgan fingerprint density at radius 1 is 1.37 bits per heavy atom. The molecule has 0 saturated heterocycles. The molecule has 0 radical (unpaired) electrons. The van der Waals surface area contributed by atoms with Crippen molar-refractivity contribution in [1.29, 1.82) is 5.26 Å². The van der Waals surface area contributed by atoms with E-state index in [4.69, 9.17) is 15.7 Å². The molecule has 0 aliphatic heterocycles. The summed E-state index contributed by atoms with van der Waals surface area (Å²) in [7, 11) is 0. The molecule has 19 heavy (non-hydrogen) atoms. The molecule has 1 aromatic carbocycles. The Morgan fingerprint density at radius 3 is 2.89 bits per heavy atom. The lowest BCUT2D eigenvalue weighted by molar-refractivity contribution is 0.453. The zero-order valence-corrected chi connectivity index (χ0v) is 10.2. The van der Waals surface area contributed by atoms with Gasteiger partial charge in [-0.2, -0.15) is 5.26 Å². The van der Waals surface area contributed by atoms with Crippen molar-refractivity contribution in [2.75, 3.05) is 5.73 Å². The molecule has 94 valence electrons. The zero-order valence-electron chi connectivity index (χ0n) is 10.2. The molecule has 0 bridgehead atoms. The van der Waals surface area contributed by atoms with Crippen LogP contribution in [0.25, 0.3) is 0 Å². The van der Waals surface area contributed by atoms with E-state index in [1.807, 2.05) is 6.07 Å². The number of allylic oxidation sites excluding steroid dienone is 1. The van der Waals surface area contributed by atoms with E-state index in [1.165, 1.54) is 12.4 Å². The molecule has 0 fully saturated rings. The van der Waals surface area contributed by atoms with Gasteiger partial charge in [-0.05, 0) is 24.6 Å². The van der Waals surface area contributed by atoms with Crippen LogP contribution in [0.1, 0.15) is 11.3 Å². The van der Waals surface area contributed by atoms with Gasteiger partial charge in [0.05, 0.1) is 0 Å². The number of rotatable bonds is 4. The normalized spacial score (nSPS) is 9.63. The van der Waals surface area contributed by atoms with Crippen LogP contribution in [0.15, 0.2) is 43.2 Å². The summed E-state index contributed by atoms with van der Waals surface area (Å²) in [6.07, 6.45) is 5.28. The zero-order chi connectivity index (χ0) is 13.7. The second kappa shape index (κ2) is 5.65. The number of benzene rings is 1. The van der Waals surface area contributed by atoms with Gasteiger partial charge in [-0.3, -0.25) is 0 Å². The van der Waals surface area contributed by atoms with Gasteiger partial charge in [0.25, 0.3) is 5.88 Å². The topological polar surface area (TPSA) is 84.8 Å². The first-order valence-corrected chi connectivity index (χ1v) is 5.63. The van der Waals surface area contributed by atoms with Crippen LogP contribution in [-0.4, -0.2) is 9.97 Å². The average molecular weight is 252 g/mol. The molecule has 5 nitrogen and oxygen atoms in total. The summed E-state index contributed by atoms with van der Waals surface area (Å²) in [6.45, 7) is 3.69. The minimum Gasteiger partial charge on any atom is -0.436 e. The van der Waals surface area contributed by atoms with Crippen LogP contribution >= 0.6 is 0 Å². The molecule has 2 aromatic rings. The SMILES string of the molecule is C=CCc1cc(N)ccc1Oc1nccnc1C#N. The van der Waals surface area contributed by atoms with Crippen LogP contribution in [-0.2, 0) is 6.42 Å². The lowest BCUT2D eigenvalue weighted by Gasteiger charge is -2.10. The summed E-state index contributed by atoms with van der Waals surface area (Å²) in [4.78, 5) is 7.90. The Hall–Kier alpha value is -2.87. The van der Waals surface area contributed by atoms with Gasteiger partial charge in [-0.1, -0.05) is 6.08 Å². The standard InChI is InChI=1S/C14H12N4O/c1-2-3-10-8-11(16)4-5-13(10)19-14-12(9-15)17-6-7-18-14/h2,4-8H,1,3,16H2. The van der Waals surface area contributed by atoms with E-state index in [0.717, 1.165) is 5.56 Å². The smallest absolute Gasteiger partial charge is 0.256 e. The Morgan fingerprint density at radius 2 is 2.16 bits per heavy atom. The van der Waals surface area contributed by atoms with E-state index >= 15 is 0 Å². The van der Waals surface area contributed by atoms with Crippen molar-refractivity contribution < 1.29 is 4.74 Å². The minimum atomic E-state index is 0.142. The number of hydrogen-bond donors (Lipinski definition) is 1. The fourth-order valence-electron chi connectivity index (χ4n) is 1.59. The lowest BCUT2D eigenvalue weighted by atomic mass is 10.1. The molecule has 0 spiro atoms. The van der Waals surface area contributed by atoms with Crippen molar-refractivity contribution in [3.63, 3.8) is 0 Å². The largest absolute Gasteiger partial charge is 0.436 e. The fraction of sp³-hybridized carbons (Fsp3) is 0.0714. The quantitative estimate of drug-likeness (QED) is 0.667. The van der Waals surface area contributed by atoms with Gasteiger partial charge >= 0.3 is 0 Å². The van der Waals surface area contributed by atoms with Crippen molar-refractivity contribution in [2.45, 2.75) is 6.42 Å². The van der Waals surface area contributed by atoms with Gasteiger partial charge < -0.3 is 10.5 Å². The summed E-state index contributed by atoms with van der Waals surface area (Å²) >= 11 is 0. The van der Waals surface area contributed by atoms with E-state index in [-0.39, 0.29) is 11.6 Å². The van der Waals surface area contributed by atoms with E-state index in [2.05, 4.69) is 16.5 Å². The van der Waals surface area contributed by atoms with Gasteiger partial charge in [0.1, 0.15) is 11.8 Å². The second-order valence-corrected chi connectivity index (χ2v) is 3.78. The third kappa shape index (κ3) is 2.87.